The van der Waals surface area contributed by atoms with Crippen molar-refractivity contribution < 1.29 is 9.47 Å². The highest BCUT2D eigenvalue weighted by Crippen LogP contribution is 2.34. The Balaban J connectivity index is 1.82. The van der Waals surface area contributed by atoms with Gasteiger partial charge in [-0.25, -0.2) is 0 Å². The second-order valence-electron chi connectivity index (χ2n) is 4.41. The van der Waals surface area contributed by atoms with Crippen LogP contribution >= 0.6 is 0 Å². The second-order valence-corrected chi connectivity index (χ2v) is 4.41. The molecule has 0 fully saturated rings. The van der Waals surface area contributed by atoms with Gasteiger partial charge in [-0.05, 0) is 29.8 Å². The third kappa shape index (κ3) is 2.48. The quantitative estimate of drug-likeness (QED) is 0.882. The first-order valence-corrected chi connectivity index (χ1v) is 6.28. The summed E-state index contributed by atoms with van der Waals surface area (Å²) in [5.41, 5.74) is 8.01. The fourth-order valence-corrected chi connectivity index (χ4v) is 2.14. The average Bonchev–Trinajstić information content (AvgIpc) is 2.93. The highest BCUT2D eigenvalue weighted by Gasteiger charge is 2.17. The third-order valence-electron chi connectivity index (χ3n) is 3.15. The van der Waals surface area contributed by atoms with Crippen LogP contribution in [0.3, 0.4) is 0 Å². The third-order valence-corrected chi connectivity index (χ3v) is 3.15. The van der Waals surface area contributed by atoms with Crippen molar-refractivity contribution >= 4 is 5.69 Å². The number of nitrogens with two attached hydrogens (primary N) is 1. The molecule has 4 heteroatoms. The van der Waals surface area contributed by atoms with Crippen molar-refractivity contribution in [1.82, 2.24) is 0 Å². The van der Waals surface area contributed by atoms with Crippen molar-refractivity contribution in [3.63, 3.8) is 0 Å². The smallest absolute Gasteiger partial charge is 0.231 e. The molecule has 3 N–H and O–H groups in total. The molecule has 0 bridgehead atoms. The highest BCUT2D eigenvalue weighted by atomic mass is 16.7. The van der Waals surface area contributed by atoms with Gasteiger partial charge >= 0.3 is 0 Å². The Kier molecular flexibility index (Phi) is 3.25. The minimum absolute atomic E-state index is 0.0527. The van der Waals surface area contributed by atoms with Gasteiger partial charge in [0.1, 0.15) is 0 Å². The van der Waals surface area contributed by atoms with Gasteiger partial charge in [0.25, 0.3) is 0 Å². The van der Waals surface area contributed by atoms with Gasteiger partial charge in [-0.3, -0.25) is 0 Å². The molecule has 1 unspecified atom stereocenters. The average molecular weight is 256 g/mol. The van der Waals surface area contributed by atoms with Crippen LogP contribution in [0.1, 0.15) is 11.6 Å². The summed E-state index contributed by atoms with van der Waals surface area (Å²) < 4.78 is 10.7. The van der Waals surface area contributed by atoms with E-state index in [1.54, 1.807) is 0 Å². The van der Waals surface area contributed by atoms with E-state index in [0.29, 0.717) is 6.54 Å². The van der Waals surface area contributed by atoms with Gasteiger partial charge in [0.2, 0.25) is 6.79 Å². The summed E-state index contributed by atoms with van der Waals surface area (Å²) in [7, 11) is 0. The van der Waals surface area contributed by atoms with E-state index in [1.165, 1.54) is 0 Å². The lowest BCUT2D eigenvalue weighted by Crippen LogP contribution is -2.20. The molecule has 1 atom stereocenters. The Morgan fingerprint density at radius 2 is 1.84 bits per heavy atom. The van der Waals surface area contributed by atoms with Crippen LogP contribution in [0.4, 0.5) is 5.69 Å². The summed E-state index contributed by atoms with van der Waals surface area (Å²) in [4.78, 5) is 0. The number of fused-ring (bicyclic) bond motifs is 1. The molecule has 0 saturated carbocycles. The Morgan fingerprint density at radius 1 is 1.05 bits per heavy atom. The van der Waals surface area contributed by atoms with Gasteiger partial charge in [0.15, 0.2) is 11.5 Å². The van der Waals surface area contributed by atoms with E-state index in [9.17, 15) is 0 Å². The van der Waals surface area contributed by atoms with E-state index in [4.69, 9.17) is 15.2 Å². The van der Waals surface area contributed by atoms with E-state index < -0.39 is 0 Å². The minimum atomic E-state index is 0.0527. The normalized spacial score (nSPS) is 14.2. The van der Waals surface area contributed by atoms with Gasteiger partial charge in [-0.15, -0.1) is 0 Å². The minimum Gasteiger partial charge on any atom is -0.454 e. The van der Waals surface area contributed by atoms with Crippen molar-refractivity contribution in [2.24, 2.45) is 5.73 Å². The molecule has 0 spiro atoms. The first kappa shape index (κ1) is 11.9. The largest absolute Gasteiger partial charge is 0.454 e. The Labute approximate surface area is 112 Å². The summed E-state index contributed by atoms with van der Waals surface area (Å²) in [5.74, 6) is 1.57. The molecule has 2 aromatic carbocycles. The molecule has 1 aliphatic rings. The lowest BCUT2D eigenvalue weighted by Gasteiger charge is -2.19. The Bertz CT molecular complexity index is 557. The lowest BCUT2D eigenvalue weighted by atomic mass is 10.1. The van der Waals surface area contributed by atoms with Crippen LogP contribution < -0.4 is 20.5 Å². The molecule has 19 heavy (non-hydrogen) atoms. The standard InChI is InChI=1S/C15H16N2O2/c16-9-13(17-12-4-2-1-3-5-12)11-6-7-14-15(8-11)19-10-18-14/h1-8,13,17H,9-10,16H2. The van der Waals surface area contributed by atoms with Gasteiger partial charge in [0.05, 0.1) is 6.04 Å². The number of benzene rings is 2. The second kappa shape index (κ2) is 5.20. The molecule has 0 saturated heterocycles. The molecule has 0 aromatic heterocycles. The number of hydrogen-bond donors (Lipinski definition) is 2. The predicted octanol–water partition coefficient (Wildman–Crippen LogP) is 2.53. The molecule has 1 heterocycles. The summed E-state index contributed by atoms with van der Waals surface area (Å²) in [5, 5.41) is 3.41. The number of nitrogens with one attached hydrogen (secondary N) is 1. The molecule has 98 valence electrons. The summed E-state index contributed by atoms with van der Waals surface area (Å²) in [6, 6.07) is 16.0. The molecule has 1 aliphatic heterocycles. The van der Waals surface area contributed by atoms with Crippen LogP contribution in [-0.4, -0.2) is 13.3 Å². The van der Waals surface area contributed by atoms with Crippen LogP contribution in [0.2, 0.25) is 0 Å². The van der Waals surface area contributed by atoms with Gasteiger partial charge in [0, 0.05) is 12.2 Å². The monoisotopic (exact) mass is 256 g/mol. The first-order valence-electron chi connectivity index (χ1n) is 6.28. The fraction of sp³-hybridized carbons (Fsp3) is 0.200. The number of hydrogen-bond acceptors (Lipinski definition) is 4. The predicted molar refractivity (Wildman–Crippen MR) is 74.4 cm³/mol. The molecule has 0 aliphatic carbocycles. The van der Waals surface area contributed by atoms with Crippen LogP contribution in [0.15, 0.2) is 48.5 Å². The van der Waals surface area contributed by atoms with Crippen molar-refractivity contribution in [2.45, 2.75) is 6.04 Å². The summed E-state index contributed by atoms with van der Waals surface area (Å²) >= 11 is 0. The molecule has 2 aromatic rings. The van der Waals surface area contributed by atoms with E-state index in [1.807, 2.05) is 48.5 Å². The topological polar surface area (TPSA) is 56.5 Å². The van der Waals surface area contributed by atoms with Crippen LogP contribution in [0.5, 0.6) is 11.5 Å². The van der Waals surface area contributed by atoms with Crippen molar-refractivity contribution in [2.75, 3.05) is 18.7 Å². The van der Waals surface area contributed by atoms with Gasteiger partial charge < -0.3 is 20.5 Å². The Morgan fingerprint density at radius 3 is 2.63 bits per heavy atom. The molecule has 0 amide bonds. The number of para-hydroxylation sites is 1. The zero-order valence-corrected chi connectivity index (χ0v) is 10.5. The maximum absolute atomic E-state index is 5.86. The molecular formula is C15H16N2O2. The fourth-order valence-electron chi connectivity index (χ4n) is 2.14. The summed E-state index contributed by atoms with van der Waals surface area (Å²) in [6.45, 7) is 0.798. The first-order chi connectivity index (χ1) is 9.36. The highest BCUT2D eigenvalue weighted by molar-refractivity contribution is 5.49. The number of ether oxygens (including phenoxy) is 2. The molecule has 0 radical (unpaired) electrons. The maximum Gasteiger partial charge on any atom is 0.231 e. The number of anilines is 1. The van der Waals surface area contributed by atoms with Crippen molar-refractivity contribution in [3.05, 3.63) is 54.1 Å². The van der Waals surface area contributed by atoms with Crippen LogP contribution in [0, 0.1) is 0 Å². The lowest BCUT2D eigenvalue weighted by molar-refractivity contribution is 0.174. The van der Waals surface area contributed by atoms with Crippen LogP contribution in [-0.2, 0) is 0 Å². The zero-order valence-electron chi connectivity index (χ0n) is 10.5. The maximum atomic E-state index is 5.86. The van der Waals surface area contributed by atoms with Gasteiger partial charge in [-0.2, -0.15) is 0 Å². The molecule has 4 nitrogen and oxygen atoms in total. The Hall–Kier alpha value is -2.20. The van der Waals surface area contributed by atoms with Crippen molar-refractivity contribution in [1.29, 1.82) is 0 Å². The molecular weight excluding hydrogens is 240 g/mol. The van der Waals surface area contributed by atoms with Crippen molar-refractivity contribution in [3.8, 4) is 11.5 Å². The van der Waals surface area contributed by atoms with Gasteiger partial charge in [-0.1, -0.05) is 24.3 Å². The SMILES string of the molecule is NCC(Nc1ccccc1)c1ccc2c(c1)OCO2. The van der Waals surface area contributed by atoms with E-state index in [2.05, 4.69) is 5.32 Å². The van der Waals surface area contributed by atoms with Crippen LogP contribution in [0.25, 0.3) is 0 Å². The zero-order chi connectivity index (χ0) is 13.1. The number of rotatable bonds is 4. The van der Waals surface area contributed by atoms with E-state index >= 15 is 0 Å². The molecule has 3 rings (SSSR count). The van der Waals surface area contributed by atoms with E-state index in [0.717, 1.165) is 22.7 Å². The summed E-state index contributed by atoms with van der Waals surface area (Å²) in [6.07, 6.45) is 0. The van der Waals surface area contributed by atoms with E-state index in [-0.39, 0.29) is 12.8 Å².